The molecular formula is C16H21NO2. The highest BCUT2D eigenvalue weighted by atomic mass is 16.5. The number of carbonyl (C=O) groups is 1. The summed E-state index contributed by atoms with van der Waals surface area (Å²) in [4.78, 5) is 13.6. The minimum absolute atomic E-state index is 0.216. The van der Waals surface area contributed by atoms with Gasteiger partial charge in [-0.2, -0.15) is 0 Å². The molecule has 3 heteroatoms. The highest BCUT2D eigenvalue weighted by molar-refractivity contribution is 5.72. The van der Waals surface area contributed by atoms with Crippen molar-refractivity contribution in [1.29, 1.82) is 0 Å². The summed E-state index contributed by atoms with van der Waals surface area (Å²) in [7, 11) is 1.41. The number of carbonyl (C=O) groups excluding carboxylic acids is 1. The molecule has 0 bridgehead atoms. The number of nitrogens with zero attached hydrogens (tertiary/aromatic N) is 1. The van der Waals surface area contributed by atoms with Crippen LogP contribution in [0, 0.1) is 0 Å². The summed E-state index contributed by atoms with van der Waals surface area (Å²) in [5.74, 6) is -0.216. The molecule has 0 aromatic heterocycles. The number of benzene rings is 1. The van der Waals surface area contributed by atoms with Crippen LogP contribution in [0.25, 0.3) is 0 Å². The van der Waals surface area contributed by atoms with Crippen molar-refractivity contribution in [2.45, 2.75) is 13.0 Å². The largest absolute Gasteiger partial charge is 0.469 e. The molecule has 1 aromatic rings. The van der Waals surface area contributed by atoms with E-state index in [-0.39, 0.29) is 5.97 Å². The zero-order valence-electron chi connectivity index (χ0n) is 11.5. The van der Waals surface area contributed by atoms with Gasteiger partial charge in [0.25, 0.3) is 0 Å². The van der Waals surface area contributed by atoms with Gasteiger partial charge in [-0.1, -0.05) is 36.4 Å². The molecule has 0 N–H and O–H groups in total. The maximum absolute atomic E-state index is 11.4. The first kappa shape index (κ1) is 15.2. The topological polar surface area (TPSA) is 29.5 Å². The summed E-state index contributed by atoms with van der Waals surface area (Å²) in [6.07, 6.45) is 4.04. The number of ether oxygens (including phenoxy) is 1. The van der Waals surface area contributed by atoms with Gasteiger partial charge in [-0.25, -0.2) is 0 Å². The fraction of sp³-hybridized carbons (Fsp3) is 0.312. The number of methoxy groups -OCH3 is 1. The standard InChI is InChI=1S/C16H21NO2/c1-4-10-17(11-5-2)13-15-9-7-6-8-14(15)12-16(18)19-3/h4-9H,1-2,10-13H2,3H3. The van der Waals surface area contributed by atoms with Crippen LogP contribution in [0.2, 0.25) is 0 Å². The number of esters is 1. The van der Waals surface area contributed by atoms with Crippen molar-refractivity contribution >= 4 is 5.97 Å². The van der Waals surface area contributed by atoms with Gasteiger partial charge in [0.1, 0.15) is 0 Å². The molecule has 102 valence electrons. The molecule has 0 radical (unpaired) electrons. The summed E-state index contributed by atoms with van der Waals surface area (Å²) in [5.41, 5.74) is 2.14. The van der Waals surface area contributed by atoms with E-state index in [0.29, 0.717) is 6.42 Å². The van der Waals surface area contributed by atoms with Crippen LogP contribution in [0.5, 0.6) is 0 Å². The summed E-state index contributed by atoms with van der Waals surface area (Å²) >= 11 is 0. The van der Waals surface area contributed by atoms with Crippen LogP contribution in [0.1, 0.15) is 11.1 Å². The molecule has 0 saturated heterocycles. The van der Waals surface area contributed by atoms with Crippen LogP contribution >= 0.6 is 0 Å². The van der Waals surface area contributed by atoms with Gasteiger partial charge >= 0.3 is 5.97 Å². The third-order valence-corrected chi connectivity index (χ3v) is 2.85. The van der Waals surface area contributed by atoms with Gasteiger partial charge in [0.15, 0.2) is 0 Å². The van der Waals surface area contributed by atoms with Gasteiger partial charge in [-0.3, -0.25) is 9.69 Å². The maximum Gasteiger partial charge on any atom is 0.309 e. The predicted octanol–water partition coefficient (Wildman–Crippen LogP) is 2.58. The smallest absolute Gasteiger partial charge is 0.309 e. The Kier molecular flexibility index (Phi) is 6.61. The Morgan fingerprint density at radius 2 is 1.79 bits per heavy atom. The van der Waals surface area contributed by atoms with Crippen LogP contribution in [0.3, 0.4) is 0 Å². The lowest BCUT2D eigenvalue weighted by atomic mass is 10.0. The normalized spacial score (nSPS) is 10.2. The number of hydrogen-bond acceptors (Lipinski definition) is 3. The molecule has 0 heterocycles. The molecule has 0 atom stereocenters. The predicted molar refractivity (Wildman–Crippen MR) is 77.8 cm³/mol. The first-order valence-electron chi connectivity index (χ1n) is 6.29. The lowest BCUT2D eigenvalue weighted by Gasteiger charge is -2.20. The minimum Gasteiger partial charge on any atom is -0.469 e. The molecule has 0 unspecified atom stereocenters. The fourth-order valence-electron chi connectivity index (χ4n) is 1.92. The minimum atomic E-state index is -0.216. The first-order chi connectivity index (χ1) is 9.21. The SMILES string of the molecule is C=CCN(CC=C)Cc1ccccc1CC(=O)OC. The second kappa shape index (κ2) is 8.27. The van der Waals surface area contributed by atoms with E-state index in [2.05, 4.69) is 18.1 Å². The van der Waals surface area contributed by atoms with Crippen molar-refractivity contribution in [3.63, 3.8) is 0 Å². The van der Waals surface area contributed by atoms with Gasteiger partial charge in [-0.05, 0) is 11.1 Å². The summed E-state index contributed by atoms with van der Waals surface area (Å²) in [6, 6.07) is 7.92. The quantitative estimate of drug-likeness (QED) is 0.531. The Hall–Kier alpha value is -1.87. The molecule has 0 aliphatic rings. The Balaban J connectivity index is 2.83. The highest BCUT2D eigenvalue weighted by Gasteiger charge is 2.10. The Labute approximate surface area is 115 Å². The summed E-state index contributed by atoms with van der Waals surface area (Å²) in [6.45, 7) is 9.87. The van der Waals surface area contributed by atoms with Gasteiger partial charge in [0.05, 0.1) is 13.5 Å². The first-order valence-corrected chi connectivity index (χ1v) is 6.29. The fourth-order valence-corrected chi connectivity index (χ4v) is 1.92. The maximum atomic E-state index is 11.4. The van der Waals surface area contributed by atoms with Gasteiger partial charge in [0.2, 0.25) is 0 Å². The van der Waals surface area contributed by atoms with Crippen molar-refractivity contribution in [3.8, 4) is 0 Å². The highest BCUT2D eigenvalue weighted by Crippen LogP contribution is 2.13. The van der Waals surface area contributed by atoms with E-state index >= 15 is 0 Å². The molecular weight excluding hydrogens is 238 g/mol. The Morgan fingerprint density at radius 3 is 2.32 bits per heavy atom. The summed E-state index contributed by atoms with van der Waals surface area (Å²) < 4.78 is 4.72. The van der Waals surface area contributed by atoms with Gasteiger partial charge < -0.3 is 4.74 Å². The van der Waals surface area contributed by atoms with E-state index in [1.165, 1.54) is 7.11 Å². The van der Waals surface area contributed by atoms with E-state index in [0.717, 1.165) is 30.8 Å². The van der Waals surface area contributed by atoms with E-state index in [4.69, 9.17) is 4.74 Å². The third-order valence-electron chi connectivity index (χ3n) is 2.85. The molecule has 0 spiro atoms. The van der Waals surface area contributed by atoms with Gasteiger partial charge in [0, 0.05) is 19.6 Å². The second-order valence-corrected chi connectivity index (χ2v) is 4.29. The van der Waals surface area contributed by atoms with Crippen molar-refractivity contribution < 1.29 is 9.53 Å². The van der Waals surface area contributed by atoms with Crippen LogP contribution < -0.4 is 0 Å². The van der Waals surface area contributed by atoms with Crippen molar-refractivity contribution in [3.05, 3.63) is 60.7 Å². The van der Waals surface area contributed by atoms with Crippen molar-refractivity contribution in [1.82, 2.24) is 4.90 Å². The Morgan fingerprint density at radius 1 is 1.21 bits per heavy atom. The molecule has 0 saturated carbocycles. The van der Waals surface area contributed by atoms with Crippen molar-refractivity contribution in [2.75, 3.05) is 20.2 Å². The molecule has 0 aliphatic carbocycles. The molecule has 19 heavy (non-hydrogen) atoms. The lowest BCUT2D eigenvalue weighted by Crippen LogP contribution is -2.24. The molecule has 1 rings (SSSR count). The third kappa shape index (κ3) is 5.10. The zero-order valence-corrected chi connectivity index (χ0v) is 11.5. The lowest BCUT2D eigenvalue weighted by molar-refractivity contribution is -0.139. The molecule has 0 amide bonds. The van der Waals surface area contributed by atoms with Crippen LogP contribution in [0.4, 0.5) is 0 Å². The number of rotatable bonds is 8. The molecule has 0 aliphatic heterocycles. The van der Waals surface area contributed by atoms with E-state index in [9.17, 15) is 4.79 Å². The average molecular weight is 259 g/mol. The van der Waals surface area contributed by atoms with Crippen LogP contribution in [0.15, 0.2) is 49.6 Å². The molecule has 1 aromatic carbocycles. The molecule has 0 fully saturated rings. The Bertz CT molecular complexity index is 430. The van der Waals surface area contributed by atoms with E-state index < -0.39 is 0 Å². The van der Waals surface area contributed by atoms with E-state index in [1.807, 2.05) is 36.4 Å². The average Bonchev–Trinajstić information content (AvgIpc) is 2.41. The van der Waals surface area contributed by atoms with Crippen molar-refractivity contribution in [2.24, 2.45) is 0 Å². The van der Waals surface area contributed by atoms with Crippen LogP contribution in [-0.2, 0) is 22.5 Å². The molecule has 3 nitrogen and oxygen atoms in total. The van der Waals surface area contributed by atoms with Gasteiger partial charge in [-0.15, -0.1) is 13.2 Å². The second-order valence-electron chi connectivity index (χ2n) is 4.29. The monoisotopic (exact) mass is 259 g/mol. The van der Waals surface area contributed by atoms with Crippen LogP contribution in [-0.4, -0.2) is 31.1 Å². The van der Waals surface area contributed by atoms with E-state index in [1.54, 1.807) is 0 Å². The summed E-state index contributed by atoms with van der Waals surface area (Å²) in [5, 5.41) is 0. The zero-order chi connectivity index (χ0) is 14.1. The number of hydrogen-bond donors (Lipinski definition) is 0.